The number of pyridine rings is 1. The second-order valence-electron chi connectivity index (χ2n) is 6.74. The Kier molecular flexibility index (Phi) is 8.84. The van der Waals surface area contributed by atoms with Crippen molar-refractivity contribution in [3.63, 3.8) is 0 Å². The summed E-state index contributed by atoms with van der Waals surface area (Å²) in [6.07, 6.45) is 3.82. The summed E-state index contributed by atoms with van der Waals surface area (Å²) in [6, 6.07) is 15.2. The first-order valence-corrected chi connectivity index (χ1v) is 9.51. The van der Waals surface area contributed by atoms with E-state index < -0.39 is 0 Å². The van der Waals surface area contributed by atoms with Crippen LogP contribution in [0.3, 0.4) is 0 Å². The first-order valence-electron chi connectivity index (χ1n) is 9.51. The molecule has 1 aliphatic heterocycles. The minimum Gasteiger partial charge on any atom is -0.369 e. The first kappa shape index (κ1) is 21.5. The number of anilines is 1. The number of guanidine groups is 1. The summed E-state index contributed by atoms with van der Waals surface area (Å²) in [5.41, 5.74) is 3.69. The topological polar surface area (TPSA) is 52.6 Å². The van der Waals surface area contributed by atoms with Crippen LogP contribution in [0.1, 0.15) is 24.6 Å². The number of benzene rings is 1. The molecule has 1 saturated heterocycles. The Labute approximate surface area is 179 Å². The number of aliphatic imine (C=N–C) groups is 1. The lowest BCUT2D eigenvalue weighted by atomic mass is 10.2. The highest BCUT2D eigenvalue weighted by molar-refractivity contribution is 14.0. The standard InChI is InChI=1S/C21H29N5.HI/c1-3-22-21(24-14-11-18-6-4-5-13-23-18)25-19-12-15-26(16-19)20-9-7-17(2)8-10-20;/h4-10,13,19H,3,11-12,14-16H2,1-2H3,(H2,22,24,25);1H. The van der Waals surface area contributed by atoms with Crippen molar-refractivity contribution in [1.29, 1.82) is 0 Å². The quantitative estimate of drug-likeness (QED) is 0.379. The van der Waals surface area contributed by atoms with Crippen LogP contribution in [0.5, 0.6) is 0 Å². The molecule has 1 aliphatic rings. The first-order chi connectivity index (χ1) is 12.7. The lowest BCUT2D eigenvalue weighted by Crippen LogP contribution is -2.44. The molecule has 0 bridgehead atoms. The second-order valence-corrected chi connectivity index (χ2v) is 6.74. The Morgan fingerprint density at radius 2 is 2.04 bits per heavy atom. The Bertz CT molecular complexity index is 702. The molecular weight excluding hydrogens is 449 g/mol. The minimum absolute atomic E-state index is 0. The molecule has 3 rings (SSSR count). The van der Waals surface area contributed by atoms with E-state index in [1.54, 1.807) is 0 Å². The summed E-state index contributed by atoms with van der Waals surface area (Å²) < 4.78 is 0. The summed E-state index contributed by atoms with van der Waals surface area (Å²) in [5, 5.41) is 6.95. The van der Waals surface area contributed by atoms with E-state index in [2.05, 4.69) is 58.6 Å². The number of hydrogen-bond donors (Lipinski definition) is 2. The number of hydrogen-bond acceptors (Lipinski definition) is 3. The maximum Gasteiger partial charge on any atom is 0.191 e. The summed E-state index contributed by atoms with van der Waals surface area (Å²) in [5.74, 6) is 0.902. The molecule has 0 spiro atoms. The predicted octanol–water partition coefficient (Wildman–Crippen LogP) is 3.38. The normalized spacial score (nSPS) is 16.7. The zero-order valence-electron chi connectivity index (χ0n) is 16.2. The molecule has 2 heterocycles. The molecule has 0 radical (unpaired) electrons. The molecular formula is C21H30IN5. The largest absolute Gasteiger partial charge is 0.369 e. The van der Waals surface area contributed by atoms with Gasteiger partial charge >= 0.3 is 0 Å². The van der Waals surface area contributed by atoms with Crippen LogP contribution >= 0.6 is 24.0 Å². The van der Waals surface area contributed by atoms with Gasteiger partial charge in [-0.1, -0.05) is 23.8 Å². The maximum absolute atomic E-state index is 4.72. The van der Waals surface area contributed by atoms with Crippen LogP contribution in [0.2, 0.25) is 0 Å². The van der Waals surface area contributed by atoms with Gasteiger partial charge in [-0.2, -0.15) is 0 Å². The highest BCUT2D eigenvalue weighted by Crippen LogP contribution is 2.20. The molecule has 2 aromatic rings. The van der Waals surface area contributed by atoms with Crippen LogP contribution in [0.25, 0.3) is 0 Å². The number of nitrogens with one attached hydrogen (secondary N) is 2. The summed E-state index contributed by atoms with van der Waals surface area (Å²) in [4.78, 5) is 11.5. The number of halogens is 1. The van der Waals surface area contributed by atoms with Gasteiger partial charge in [0.2, 0.25) is 0 Å². The lowest BCUT2D eigenvalue weighted by molar-refractivity contribution is 0.649. The molecule has 1 unspecified atom stereocenters. The van der Waals surface area contributed by atoms with Gasteiger partial charge in [0.25, 0.3) is 0 Å². The number of nitrogens with zero attached hydrogens (tertiary/aromatic N) is 3. The zero-order valence-corrected chi connectivity index (χ0v) is 18.5. The molecule has 27 heavy (non-hydrogen) atoms. The van der Waals surface area contributed by atoms with Gasteiger partial charge in [-0.3, -0.25) is 9.98 Å². The molecule has 1 aromatic carbocycles. The van der Waals surface area contributed by atoms with E-state index >= 15 is 0 Å². The van der Waals surface area contributed by atoms with Crippen molar-refractivity contribution in [2.24, 2.45) is 4.99 Å². The van der Waals surface area contributed by atoms with Gasteiger partial charge in [-0.25, -0.2) is 0 Å². The van der Waals surface area contributed by atoms with E-state index in [-0.39, 0.29) is 24.0 Å². The Morgan fingerprint density at radius 1 is 1.22 bits per heavy atom. The molecule has 6 heteroatoms. The monoisotopic (exact) mass is 479 g/mol. The Hall–Kier alpha value is -1.83. The minimum atomic E-state index is 0. The van der Waals surface area contributed by atoms with Gasteiger partial charge in [0.1, 0.15) is 0 Å². The van der Waals surface area contributed by atoms with E-state index in [9.17, 15) is 0 Å². The highest BCUT2D eigenvalue weighted by atomic mass is 127. The van der Waals surface area contributed by atoms with Gasteiger partial charge in [0.15, 0.2) is 5.96 Å². The van der Waals surface area contributed by atoms with Crippen molar-refractivity contribution in [2.45, 2.75) is 32.7 Å². The Balaban J connectivity index is 0.00000261. The summed E-state index contributed by atoms with van der Waals surface area (Å²) in [6.45, 7) is 7.91. The fourth-order valence-corrected chi connectivity index (χ4v) is 3.21. The van der Waals surface area contributed by atoms with E-state index in [4.69, 9.17) is 4.99 Å². The van der Waals surface area contributed by atoms with E-state index in [1.165, 1.54) is 11.3 Å². The van der Waals surface area contributed by atoms with Crippen LogP contribution in [0.15, 0.2) is 53.7 Å². The SMILES string of the molecule is CCNC(=NCCc1ccccn1)NC1CCN(c2ccc(C)cc2)C1.I. The third-order valence-electron chi connectivity index (χ3n) is 4.64. The zero-order chi connectivity index (χ0) is 18.2. The van der Waals surface area contributed by atoms with Crippen molar-refractivity contribution in [3.8, 4) is 0 Å². The van der Waals surface area contributed by atoms with Crippen LogP contribution in [-0.4, -0.2) is 43.2 Å². The predicted molar refractivity (Wildman–Crippen MR) is 124 cm³/mol. The average molecular weight is 479 g/mol. The van der Waals surface area contributed by atoms with Crippen molar-refractivity contribution in [3.05, 3.63) is 59.9 Å². The summed E-state index contributed by atoms with van der Waals surface area (Å²) >= 11 is 0. The van der Waals surface area contributed by atoms with Crippen molar-refractivity contribution in [2.75, 3.05) is 31.1 Å². The number of aromatic nitrogens is 1. The average Bonchev–Trinajstić information content (AvgIpc) is 3.12. The van der Waals surface area contributed by atoms with Gasteiger partial charge in [0.05, 0.1) is 0 Å². The fourth-order valence-electron chi connectivity index (χ4n) is 3.21. The second kappa shape index (κ2) is 11.1. The van der Waals surface area contributed by atoms with E-state index in [1.807, 2.05) is 24.4 Å². The molecule has 2 N–H and O–H groups in total. The molecule has 0 amide bonds. The molecule has 146 valence electrons. The third kappa shape index (κ3) is 6.68. The Morgan fingerprint density at radius 3 is 2.74 bits per heavy atom. The summed E-state index contributed by atoms with van der Waals surface area (Å²) in [7, 11) is 0. The number of rotatable bonds is 6. The van der Waals surface area contributed by atoms with E-state index in [0.29, 0.717) is 6.04 Å². The van der Waals surface area contributed by atoms with Crippen LogP contribution in [-0.2, 0) is 6.42 Å². The van der Waals surface area contributed by atoms with Crippen LogP contribution < -0.4 is 15.5 Å². The number of aryl methyl sites for hydroxylation is 1. The lowest BCUT2D eigenvalue weighted by Gasteiger charge is -2.20. The van der Waals surface area contributed by atoms with Crippen LogP contribution in [0.4, 0.5) is 5.69 Å². The highest BCUT2D eigenvalue weighted by Gasteiger charge is 2.23. The molecule has 1 fully saturated rings. The molecule has 0 aliphatic carbocycles. The maximum atomic E-state index is 4.72. The van der Waals surface area contributed by atoms with Crippen molar-refractivity contribution < 1.29 is 0 Å². The van der Waals surface area contributed by atoms with Gasteiger partial charge in [-0.05, 0) is 44.5 Å². The van der Waals surface area contributed by atoms with Crippen LogP contribution in [0, 0.1) is 6.92 Å². The smallest absolute Gasteiger partial charge is 0.191 e. The van der Waals surface area contributed by atoms with Gasteiger partial charge in [-0.15, -0.1) is 24.0 Å². The molecule has 0 saturated carbocycles. The molecule has 5 nitrogen and oxygen atoms in total. The van der Waals surface area contributed by atoms with Gasteiger partial charge in [0, 0.05) is 56.2 Å². The third-order valence-corrected chi connectivity index (χ3v) is 4.64. The molecule has 1 atom stereocenters. The van der Waals surface area contributed by atoms with Gasteiger partial charge < -0.3 is 15.5 Å². The fraction of sp³-hybridized carbons (Fsp3) is 0.429. The molecule has 1 aromatic heterocycles. The van der Waals surface area contributed by atoms with Crippen molar-refractivity contribution in [1.82, 2.24) is 15.6 Å². The van der Waals surface area contributed by atoms with Crippen molar-refractivity contribution >= 4 is 35.6 Å². The van der Waals surface area contributed by atoms with E-state index in [0.717, 1.165) is 50.7 Å².